The van der Waals surface area contributed by atoms with Crippen molar-refractivity contribution in [2.45, 2.75) is 20.4 Å². The van der Waals surface area contributed by atoms with Crippen LogP contribution in [0.5, 0.6) is 5.75 Å². The fourth-order valence-corrected chi connectivity index (χ4v) is 2.25. The summed E-state index contributed by atoms with van der Waals surface area (Å²) in [5, 5.41) is 10.8. The lowest BCUT2D eigenvalue weighted by molar-refractivity contribution is -0.872. The van der Waals surface area contributed by atoms with Crippen molar-refractivity contribution < 1.29 is 24.0 Å². The summed E-state index contributed by atoms with van der Waals surface area (Å²) in [6.07, 6.45) is 0. The first kappa shape index (κ1) is 14.4. The Morgan fingerprint density at radius 3 is 2.70 bits per heavy atom. The number of furan rings is 1. The van der Waals surface area contributed by atoms with Gasteiger partial charge in [0.1, 0.15) is 17.9 Å². The fraction of sp³-hybridized carbons (Fsp3) is 0.400. The molecule has 0 aliphatic heterocycles. The number of hydrogen-bond donors (Lipinski definition) is 2. The molecule has 20 heavy (non-hydrogen) atoms. The fourth-order valence-electron chi connectivity index (χ4n) is 2.25. The van der Waals surface area contributed by atoms with Gasteiger partial charge in [0.2, 0.25) is 5.76 Å². The number of rotatable bonds is 4. The van der Waals surface area contributed by atoms with Crippen LogP contribution in [0, 0.1) is 6.92 Å². The summed E-state index contributed by atoms with van der Waals surface area (Å²) in [5.74, 6) is -0.0749. The number of phenolic OH excluding ortho intramolecular Hbond substituents is 1. The highest BCUT2D eigenvalue weighted by Crippen LogP contribution is 2.32. The third kappa shape index (κ3) is 2.49. The van der Waals surface area contributed by atoms with Gasteiger partial charge in [-0.1, -0.05) is 0 Å². The lowest BCUT2D eigenvalue weighted by Gasteiger charge is -2.09. The van der Waals surface area contributed by atoms with E-state index < -0.39 is 5.97 Å². The normalized spacial score (nSPS) is 11.2. The van der Waals surface area contributed by atoms with Gasteiger partial charge in [-0.2, -0.15) is 0 Å². The molecule has 0 radical (unpaired) electrons. The van der Waals surface area contributed by atoms with E-state index in [4.69, 9.17) is 9.15 Å². The van der Waals surface area contributed by atoms with Crippen LogP contribution >= 0.6 is 0 Å². The van der Waals surface area contributed by atoms with Crippen LogP contribution in [0.25, 0.3) is 11.0 Å². The number of ether oxygens (including phenoxy) is 1. The molecule has 1 aromatic carbocycles. The van der Waals surface area contributed by atoms with Gasteiger partial charge < -0.3 is 19.2 Å². The SMILES string of the molecule is CCOC(=O)c1oc2c(C[NH+](C)C)c(O)ccc2c1C. The van der Waals surface area contributed by atoms with Crippen molar-refractivity contribution in [2.75, 3.05) is 20.7 Å². The van der Waals surface area contributed by atoms with Gasteiger partial charge in [0, 0.05) is 10.9 Å². The molecule has 1 aromatic heterocycles. The van der Waals surface area contributed by atoms with Crippen LogP contribution in [0.2, 0.25) is 0 Å². The van der Waals surface area contributed by atoms with Crippen LogP contribution in [0.1, 0.15) is 28.6 Å². The number of aromatic hydroxyl groups is 1. The monoisotopic (exact) mass is 278 g/mol. The van der Waals surface area contributed by atoms with Crippen molar-refractivity contribution in [3.05, 3.63) is 29.0 Å². The highest BCUT2D eigenvalue weighted by Gasteiger charge is 2.22. The number of esters is 1. The van der Waals surface area contributed by atoms with Crippen LogP contribution in [-0.4, -0.2) is 31.8 Å². The zero-order valence-electron chi connectivity index (χ0n) is 12.2. The average Bonchev–Trinajstić information content (AvgIpc) is 2.71. The molecule has 0 spiro atoms. The van der Waals surface area contributed by atoms with E-state index in [9.17, 15) is 9.90 Å². The van der Waals surface area contributed by atoms with Crippen LogP contribution in [-0.2, 0) is 11.3 Å². The molecular weight excluding hydrogens is 258 g/mol. The van der Waals surface area contributed by atoms with Gasteiger partial charge in [0.05, 0.1) is 26.3 Å². The van der Waals surface area contributed by atoms with E-state index in [1.54, 1.807) is 19.1 Å². The second-order valence-corrected chi connectivity index (χ2v) is 5.10. The average molecular weight is 278 g/mol. The van der Waals surface area contributed by atoms with Crippen molar-refractivity contribution in [3.63, 3.8) is 0 Å². The first-order valence-electron chi connectivity index (χ1n) is 6.65. The van der Waals surface area contributed by atoms with Gasteiger partial charge in [-0.05, 0) is 26.0 Å². The molecule has 2 N–H and O–H groups in total. The molecule has 2 rings (SSSR count). The zero-order chi connectivity index (χ0) is 14.9. The second kappa shape index (κ2) is 5.54. The van der Waals surface area contributed by atoms with Gasteiger partial charge in [0.25, 0.3) is 0 Å². The Morgan fingerprint density at radius 1 is 1.40 bits per heavy atom. The predicted octanol–water partition coefficient (Wildman–Crippen LogP) is 1.27. The van der Waals surface area contributed by atoms with E-state index in [2.05, 4.69) is 0 Å². The maximum atomic E-state index is 11.9. The maximum Gasteiger partial charge on any atom is 0.374 e. The van der Waals surface area contributed by atoms with Crippen LogP contribution in [0.4, 0.5) is 0 Å². The van der Waals surface area contributed by atoms with Crippen LogP contribution < -0.4 is 4.90 Å². The third-order valence-electron chi connectivity index (χ3n) is 3.18. The van der Waals surface area contributed by atoms with Crippen LogP contribution in [0.3, 0.4) is 0 Å². The number of aryl methyl sites for hydroxylation is 1. The molecule has 2 aromatic rings. The van der Waals surface area contributed by atoms with Gasteiger partial charge in [0.15, 0.2) is 0 Å². The molecule has 5 nitrogen and oxygen atoms in total. The maximum absolute atomic E-state index is 11.9. The van der Waals surface area contributed by atoms with Crippen molar-refractivity contribution in [3.8, 4) is 5.75 Å². The molecule has 0 aliphatic rings. The molecule has 0 aliphatic carbocycles. The number of fused-ring (bicyclic) bond motifs is 1. The second-order valence-electron chi connectivity index (χ2n) is 5.10. The lowest BCUT2D eigenvalue weighted by atomic mass is 10.1. The molecule has 108 valence electrons. The summed E-state index contributed by atoms with van der Waals surface area (Å²) in [5.41, 5.74) is 2.02. The Balaban J connectivity index is 2.61. The molecule has 0 unspecified atom stereocenters. The summed E-state index contributed by atoms with van der Waals surface area (Å²) in [4.78, 5) is 13.0. The summed E-state index contributed by atoms with van der Waals surface area (Å²) in [7, 11) is 3.97. The number of benzene rings is 1. The molecule has 5 heteroatoms. The minimum Gasteiger partial charge on any atom is -0.507 e. The Bertz CT molecular complexity index is 643. The first-order valence-corrected chi connectivity index (χ1v) is 6.65. The Kier molecular flexibility index (Phi) is 3.99. The van der Waals surface area contributed by atoms with E-state index in [0.717, 1.165) is 15.8 Å². The quantitative estimate of drug-likeness (QED) is 0.827. The molecule has 0 bridgehead atoms. The molecule has 0 saturated heterocycles. The number of phenols is 1. The van der Waals surface area contributed by atoms with Gasteiger partial charge >= 0.3 is 5.97 Å². The van der Waals surface area contributed by atoms with E-state index in [0.29, 0.717) is 24.3 Å². The number of nitrogens with one attached hydrogen (secondary N) is 1. The summed E-state index contributed by atoms with van der Waals surface area (Å²) in [6.45, 7) is 4.48. The molecular formula is C15H20NO4+. The Hall–Kier alpha value is -2.01. The summed E-state index contributed by atoms with van der Waals surface area (Å²) >= 11 is 0. The molecule has 0 amide bonds. The van der Waals surface area contributed by atoms with Gasteiger partial charge in [-0.25, -0.2) is 4.79 Å². The molecule has 1 heterocycles. The van der Waals surface area contributed by atoms with Crippen molar-refractivity contribution >= 4 is 16.9 Å². The summed E-state index contributed by atoms with van der Waals surface area (Å²) < 4.78 is 10.7. The Morgan fingerprint density at radius 2 is 2.10 bits per heavy atom. The predicted molar refractivity (Wildman–Crippen MR) is 75.1 cm³/mol. The third-order valence-corrected chi connectivity index (χ3v) is 3.18. The van der Waals surface area contributed by atoms with E-state index in [-0.39, 0.29) is 11.5 Å². The topological polar surface area (TPSA) is 64.1 Å². The molecule has 0 saturated carbocycles. The zero-order valence-corrected chi connectivity index (χ0v) is 12.2. The standard InChI is InChI=1S/C15H19NO4/c1-5-19-15(18)13-9(2)10-6-7-12(17)11(8-16(3)4)14(10)20-13/h6-7,17H,5,8H2,1-4H3/p+1. The van der Waals surface area contributed by atoms with E-state index >= 15 is 0 Å². The largest absolute Gasteiger partial charge is 0.507 e. The van der Waals surface area contributed by atoms with E-state index in [1.807, 2.05) is 21.0 Å². The smallest absolute Gasteiger partial charge is 0.374 e. The van der Waals surface area contributed by atoms with Crippen molar-refractivity contribution in [2.24, 2.45) is 0 Å². The molecule has 0 fully saturated rings. The molecule has 0 atom stereocenters. The minimum atomic E-state index is -0.469. The highest BCUT2D eigenvalue weighted by molar-refractivity contribution is 5.97. The van der Waals surface area contributed by atoms with Crippen molar-refractivity contribution in [1.82, 2.24) is 0 Å². The number of quaternary nitrogens is 1. The Labute approximate surface area is 117 Å². The minimum absolute atomic E-state index is 0.183. The first-order chi connectivity index (χ1) is 9.45. The van der Waals surface area contributed by atoms with E-state index in [1.165, 1.54) is 0 Å². The number of hydrogen-bond acceptors (Lipinski definition) is 4. The highest BCUT2D eigenvalue weighted by atomic mass is 16.5. The van der Waals surface area contributed by atoms with Gasteiger partial charge in [-0.15, -0.1) is 0 Å². The number of carbonyl (C=O) groups excluding carboxylic acids is 1. The summed E-state index contributed by atoms with van der Waals surface area (Å²) in [6, 6.07) is 3.40. The van der Waals surface area contributed by atoms with Crippen LogP contribution in [0.15, 0.2) is 16.5 Å². The van der Waals surface area contributed by atoms with Gasteiger partial charge in [-0.3, -0.25) is 0 Å². The van der Waals surface area contributed by atoms with Crippen molar-refractivity contribution in [1.29, 1.82) is 0 Å². The number of carbonyl (C=O) groups is 1. The lowest BCUT2D eigenvalue weighted by Crippen LogP contribution is -3.04.